The number of carbonyl (C=O) groups is 1. The van der Waals surface area contributed by atoms with E-state index in [2.05, 4.69) is 11.7 Å². The predicted molar refractivity (Wildman–Crippen MR) is 54.3 cm³/mol. The monoisotopic (exact) mass is 190 g/mol. The van der Waals surface area contributed by atoms with E-state index in [0.29, 0.717) is 12.0 Å². The van der Waals surface area contributed by atoms with Crippen molar-refractivity contribution in [3.05, 3.63) is 29.6 Å². The van der Waals surface area contributed by atoms with Gasteiger partial charge in [-0.1, -0.05) is 13.5 Å². The minimum atomic E-state index is 0.0654. The number of hydrogen-bond acceptors (Lipinski definition) is 2. The van der Waals surface area contributed by atoms with Gasteiger partial charge in [0, 0.05) is 12.2 Å². The highest BCUT2D eigenvalue weighted by atomic mass is 16.1. The SMILES string of the molecule is C=C(CC)C(=O)c1cnn2c1CCC2. The smallest absolute Gasteiger partial charge is 0.191 e. The second-order valence-corrected chi connectivity index (χ2v) is 3.62. The van der Waals surface area contributed by atoms with E-state index in [9.17, 15) is 4.79 Å². The fourth-order valence-electron chi connectivity index (χ4n) is 1.80. The molecule has 1 aromatic rings. The normalized spacial score (nSPS) is 14.1. The van der Waals surface area contributed by atoms with Gasteiger partial charge >= 0.3 is 0 Å². The Bertz CT molecular complexity index is 390. The van der Waals surface area contributed by atoms with Crippen molar-refractivity contribution in [3.8, 4) is 0 Å². The van der Waals surface area contributed by atoms with Crippen LogP contribution in [0.15, 0.2) is 18.3 Å². The topological polar surface area (TPSA) is 34.9 Å². The summed E-state index contributed by atoms with van der Waals surface area (Å²) in [6.07, 6.45) is 4.46. The number of aromatic nitrogens is 2. The summed E-state index contributed by atoms with van der Waals surface area (Å²) in [5.41, 5.74) is 2.52. The summed E-state index contributed by atoms with van der Waals surface area (Å²) in [5.74, 6) is 0.0654. The third-order valence-corrected chi connectivity index (χ3v) is 2.72. The predicted octanol–water partition coefficient (Wildman–Crippen LogP) is 1.98. The van der Waals surface area contributed by atoms with Crippen molar-refractivity contribution in [2.45, 2.75) is 32.7 Å². The zero-order chi connectivity index (χ0) is 10.1. The minimum Gasteiger partial charge on any atom is -0.289 e. The Balaban J connectivity index is 2.33. The van der Waals surface area contributed by atoms with Crippen LogP contribution in [-0.2, 0) is 13.0 Å². The Morgan fingerprint density at radius 1 is 1.71 bits per heavy atom. The molecule has 0 aromatic carbocycles. The Labute approximate surface area is 83.4 Å². The molecule has 0 spiro atoms. The van der Waals surface area contributed by atoms with Crippen LogP contribution < -0.4 is 0 Å². The molecule has 3 nitrogen and oxygen atoms in total. The summed E-state index contributed by atoms with van der Waals surface area (Å²) >= 11 is 0. The average molecular weight is 190 g/mol. The molecular weight excluding hydrogens is 176 g/mol. The van der Waals surface area contributed by atoms with E-state index in [4.69, 9.17) is 0 Å². The van der Waals surface area contributed by atoms with E-state index in [1.807, 2.05) is 11.6 Å². The van der Waals surface area contributed by atoms with Crippen molar-refractivity contribution >= 4 is 5.78 Å². The molecule has 3 heteroatoms. The summed E-state index contributed by atoms with van der Waals surface area (Å²) in [4.78, 5) is 11.8. The number of aryl methyl sites for hydroxylation is 1. The third-order valence-electron chi connectivity index (χ3n) is 2.72. The minimum absolute atomic E-state index is 0.0654. The van der Waals surface area contributed by atoms with Crippen LogP contribution in [-0.4, -0.2) is 15.6 Å². The van der Waals surface area contributed by atoms with Crippen LogP contribution >= 0.6 is 0 Å². The second-order valence-electron chi connectivity index (χ2n) is 3.62. The molecule has 14 heavy (non-hydrogen) atoms. The van der Waals surface area contributed by atoms with Crippen molar-refractivity contribution in [1.82, 2.24) is 9.78 Å². The third kappa shape index (κ3) is 1.29. The summed E-state index contributed by atoms with van der Waals surface area (Å²) in [7, 11) is 0. The maximum absolute atomic E-state index is 11.8. The van der Waals surface area contributed by atoms with Gasteiger partial charge in [-0.3, -0.25) is 9.48 Å². The molecule has 0 N–H and O–H groups in total. The highest BCUT2D eigenvalue weighted by Crippen LogP contribution is 2.21. The zero-order valence-corrected chi connectivity index (χ0v) is 8.42. The van der Waals surface area contributed by atoms with E-state index in [-0.39, 0.29) is 5.78 Å². The van der Waals surface area contributed by atoms with Crippen molar-refractivity contribution in [1.29, 1.82) is 0 Å². The van der Waals surface area contributed by atoms with Gasteiger partial charge in [0.15, 0.2) is 5.78 Å². The van der Waals surface area contributed by atoms with Crippen LogP contribution in [0.5, 0.6) is 0 Å². The first-order valence-corrected chi connectivity index (χ1v) is 5.01. The van der Waals surface area contributed by atoms with Crippen molar-refractivity contribution in [3.63, 3.8) is 0 Å². The van der Waals surface area contributed by atoms with Crippen LogP contribution in [0.4, 0.5) is 0 Å². The highest BCUT2D eigenvalue weighted by Gasteiger charge is 2.21. The lowest BCUT2D eigenvalue weighted by atomic mass is 10.0. The van der Waals surface area contributed by atoms with E-state index in [1.165, 1.54) is 0 Å². The number of allylic oxidation sites excluding steroid dienone is 1. The molecule has 0 amide bonds. The van der Waals surface area contributed by atoms with Crippen molar-refractivity contribution < 1.29 is 4.79 Å². The summed E-state index contributed by atoms with van der Waals surface area (Å²) in [6.45, 7) is 6.66. The average Bonchev–Trinajstić information content (AvgIpc) is 2.76. The Morgan fingerprint density at radius 2 is 2.50 bits per heavy atom. The van der Waals surface area contributed by atoms with Crippen LogP contribution in [0.2, 0.25) is 0 Å². The number of hydrogen-bond donors (Lipinski definition) is 0. The zero-order valence-electron chi connectivity index (χ0n) is 8.42. The van der Waals surface area contributed by atoms with Crippen LogP contribution in [0.1, 0.15) is 35.8 Å². The van der Waals surface area contributed by atoms with E-state index in [0.717, 1.165) is 30.6 Å². The lowest BCUT2D eigenvalue weighted by Gasteiger charge is -2.00. The van der Waals surface area contributed by atoms with Gasteiger partial charge in [-0.05, 0) is 24.8 Å². The van der Waals surface area contributed by atoms with E-state index in [1.54, 1.807) is 6.20 Å². The van der Waals surface area contributed by atoms with E-state index >= 15 is 0 Å². The molecule has 1 aliphatic heterocycles. The standard InChI is InChI=1S/C11H14N2O/c1-3-8(2)11(14)9-7-12-13-6-4-5-10(9)13/h7H,2-6H2,1H3. The van der Waals surface area contributed by atoms with Gasteiger partial charge in [-0.15, -0.1) is 0 Å². The molecule has 0 saturated carbocycles. The van der Waals surface area contributed by atoms with Gasteiger partial charge in [-0.25, -0.2) is 0 Å². The second kappa shape index (κ2) is 3.40. The van der Waals surface area contributed by atoms with E-state index < -0.39 is 0 Å². The summed E-state index contributed by atoms with van der Waals surface area (Å²) in [5, 5.41) is 4.19. The van der Waals surface area contributed by atoms with Gasteiger partial charge in [0.1, 0.15) is 0 Å². The first kappa shape index (κ1) is 9.19. The Kier molecular flexibility index (Phi) is 2.23. The van der Waals surface area contributed by atoms with Gasteiger partial charge in [0.05, 0.1) is 11.8 Å². The van der Waals surface area contributed by atoms with Crippen LogP contribution in [0, 0.1) is 0 Å². The number of nitrogens with zero attached hydrogens (tertiary/aromatic N) is 2. The quantitative estimate of drug-likeness (QED) is 0.539. The molecule has 0 aliphatic carbocycles. The number of Topliss-reactive ketones (excluding diaryl/α,β-unsaturated/α-hetero) is 1. The van der Waals surface area contributed by atoms with Gasteiger partial charge in [0.25, 0.3) is 0 Å². The van der Waals surface area contributed by atoms with Crippen LogP contribution in [0.25, 0.3) is 0 Å². The lowest BCUT2D eigenvalue weighted by molar-refractivity contribution is 0.103. The fourth-order valence-corrected chi connectivity index (χ4v) is 1.80. The van der Waals surface area contributed by atoms with Crippen molar-refractivity contribution in [2.24, 2.45) is 0 Å². The van der Waals surface area contributed by atoms with Crippen molar-refractivity contribution in [2.75, 3.05) is 0 Å². The summed E-state index contributed by atoms with van der Waals surface area (Å²) in [6, 6.07) is 0. The number of ketones is 1. The Hall–Kier alpha value is -1.38. The number of carbonyl (C=O) groups excluding carboxylic acids is 1. The molecule has 74 valence electrons. The first-order valence-electron chi connectivity index (χ1n) is 5.01. The molecule has 2 rings (SSSR count). The molecule has 1 aromatic heterocycles. The largest absolute Gasteiger partial charge is 0.289 e. The summed E-state index contributed by atoms with van der Waals surface area (Å²) < 4.78 is 1.93. The molecule has 2 heterocycles. The number of rotatable bonds is 3. The lowest BCUT2D eigenvalue weighted by Crippen LogP contribution is -2.03. The molecule has 1 aliphatic rings. The fraction of sp³-hybridized carbons (Fsp3) is 0.455. The van der Waals surface area contributed by atoms with Crippen LogP contribution in [0.3, 0.4) is 0 Å². The molecule has 0 atom stereocenters. The molecule has 0 fully saturated rings. The molecular formula is C11H14N2O. The molecule has 0 radical (unpaired) electrons. The number of fused-ring (bicyclic) bond motifs is 1. The van der Waals surface area contributed by atoms with Gasteiger partial charge < -0.3 is 0 Å². The Morgan fingerprint density at radius 3 is 3.21 bits per heavy atom. The molecule has 0 unspecified atom stereocenters. The van der Waals surface area contributed by atoms with Gasteiger partial charge in [0.2, 0.25) is 0 Å². The molecule has 0 bridgehead atoms. The maximum Gasteiger partial charge on any atom is 0.191 e. The molecule has 0 saturated heterocycles. The highest BCUT2D eigenvalue weighted by molar-refractivity contribution is 6.08. The maximum atomic E-state index is 11.8. The first-order chi connectivity index (χ1) is 6.74. The van der Waals surface area contributed by atoms with Gasteiger partial charge in [-0.2, -0.15) is 5.10 Å².